The number of piperazine rings is 1. The van der Waals surface area contributed by atoms with Crippen LogP contribution in [0.1, 0.15) is 27.2 Å². The van der Waals surface area contributed by atoms with Gasteiger partial charge in [-0.1, -0.05) is 13.8 Å². The highest BCUT2D eigenvalue weighted by molar-refractivity contribution is 5.80. The van der Waals surface area contributed by atoms with Crippen molar-refractivity contribution in [3.05, 3.63) is 0 Å². The number of piperidine rings is 1. The minimum atomic E-state index is -0.210. The average molecular weight is 354 g/mol. The standard InChI is InChI=1S/C18H35N5O2/c1-5-25-18(24)23-10-8-22(9-11-23)17(19-4)20-6-7-21-13-15(2)12-16(3)14-21/h15-16H,5-14H2,1-4H3,(H,19,20). The van der Waals surface area contributed by atoms with E-state index in [9.17, 15) is 4.79 Å². The Bertz CT molecular complexity index is 439. The maximum atomic E-state index is 11.8. The lowest BCUT2D eigenvalue weighted by molar-refractivity contribution is 0.0913. The van der Waals surface area contributed by atoms with E-state index in [0.29, 0.717) is 19.7 Å². The normalized spacial score (nSPS) is 25.8. The first kappa shape index (κ1) is 19.8. The van der Waals surface area contributed by atoms with Crippen molar-refractivity contribution in [2.75, 3.05) is 66.0 Å². The lowest BCUT2D eigenvalue weighted by Crippen LogP contribution is -2.54. The number of carbonyl (C=O) groups is 1. The van der Waals surface area contributed by atoms with Gasteiger partial charge in [-0.15, -0.1) is 0 Å². The van der Waals surface area contributed by atoms with Crippen LogP contribution in [0.15, 0.2) is 4.99 Å². The number of aliphatic imine (C=N–C) groups is 1. The number of hydrogen-bond acceptors (Lipinski definition) is 4. The molecule has 0 aliphatic carbocycles. The smallest absolute Gasteiger partial charge is 0.409 e. The highest BCUT2D eigenvalue weighted by atomic mass is 16.6. The molecular weight excluding hydrogens is 318 g/mol. The van der Waals surface area contributed by atoms with Gasteiger partial charge in [0.25, 0.3) is 0 Å². The van der Waals surface area contributed by atoms with Crippen molar-refractivity contribution < 1.29 is 9.53 Å². The van der Waals surface area contributed by atoms with E-state index in [1.54, 1.807) is 4.90 Å². The molecule has 2 heterocycles. The number of nitrogens with zero attached hydrogens (tertiary/aromatic N) is 4. The maximum Gasteiger partial charge on any atom is 0.409 e. The highest BCUT2D eigenvalue weighted by Crippen LogP contribution is 2.20. The number of guanidine groups is 1. The molecule has 2 fully saturated rings. The van der Waals surface area contributed by atoms with E-state index in [1.807, 2.05) is 14.0 Å². The second-order valence-electron chi connectivity index (χ2n) is 7.35. The van der Waals surface area contributed by atoms with Gasteiger partial charge in [0, 0.05) is 59.4 Å². The third kappa shape index (κ3) is 6.06. The summed E-state index contributed by atoms with van der Waals surface area (Å²) in [6, 6.07) is 0. The summed E-state index contributed by atoms with van der Waals surface area (Å²) in [5, 5.41) is 3.48. The van der Waals surface area contributed by atoms with Gasteiger partial charge in [0.2, 0.25) is 0 Å². The lowest BCUT2D eigenvalue weighted by atomic mass is 9.92. The number of hydrogen-bond donors (Lipinski definition) is 1. The van der Waals surface area contributed by atoms with Crippen LogP contribution in [0.5, 0.6) is 0 Å². The van der Waals surface area contributed by atoms with Crippen LogP contribution in [-0.4, -0.2) is 92.8 Å². The van der Waals surface area contributed by atoms with Crippen LogP contribution in [0, 0.1) is 11.8 Å². The van der Waals surface area contributed by atoms with Crippen LogP contribution in [-0.2, 0) is 4.74 Å². The Hall–Kier alpha value is -1.50. The van der Waals surface area contributed by atoms with Gasteiger partial charge < -0.3 is 24.8 Å². The molecule has 2 aliphatic heterocycles. The van der Waals surface area contributed by atoms with Crippen molar-refractivity contribution in [2.24, 2.45) is 16.8 Å². The number of nitrogens with one attached hydrogen (secondary N) is 1. The van der Waals surface area contributed by atoms with Crippen molar-refractivity contribution in [1.82, 2.24) is 20.0 Å². The van der Waals surface area contributed by atoms with Gasteiger partial charge >= 0.3 is 6.09 Å². The fraction of sp³-hybridized carbons (Fsp3) is 0.889. The molecule has 1 amide bonds. The summed E-state index contributed by atoms with van der Waals surface area (Å²) in [5.74, 6) is 2.51. The fourth-order valence-electron chi connectivity index (χ4n) is 3.95. The first-order valence-corrected chi connectivity index (χ1v) is 9.63. The fourth-order valence-corrected chi connectivity index (χ4v) is 3.95. The lowest BCUT2D eigenvalue weighted by Gasteiger charge is -2.37. The summed E-state index contributed by atoms with van der Waals surface area (Å²) in [7, 11) is 1.82. The Morgan fingerprint density at radius 2 is 1.72 bits per heavy atom. The van der Waals surface area contributed by atoms with Gasteiger partial charge in [-0.05, 0) is 25.2 Å². The van der Waals surface area contributed by atoms with E-state index >= 15 is 0 Å². The summed E-state index contributed by atoms with van der Waals surface area (Å²) in [5.41, 5.74) is 0. The van der Waals surface area contributed by atoms with Crippen LogP contribution in [0.25, 0.3) is 0 Å². The number of rotatable bonds is 4. The summed E-state index contributed by atoms with van der Waals surface area (Å²) >= 11 is 0. The van der Waals surface area contributed by atoms with E-state index in [-0.39, 0.29) is 6.09 Å². The van der Waals surface area contributed by atoms with E-state index < -0.39 is 0 Å². The minimum absolute atomic E-state index is 0.210. The maximum absolute atomic E-state index is 11.8. The van der Waals surface area contributed by atoms with Crippen LogP contribution in [0.2, 0.25) is 0 Å². The molecular formula is C18H35N5O2. The molecule has 0 aromatic carbocycles. The third-order valence-electron chi connectivity index (χ3n) is 4.97. The first-order chi connectivity index (χ1) is 12.0. The summed E-state index contributed by atoms with van der Waals surface area (Å²) < 4.78 is 5.07. The Kier molecular flexibility index (Phi) is 7.81. The van der Waals surface area contributed by atoms with Crippen molar-refractivity contribution in [3.8, 4) is 0 Å². The Morgan fingerprint density at radius 3 is 2.28 bits per heavy atom. The van der Waals surface area contributed by atoms with Crippen molar-refractivity contribution in [1.29, 1.82) is 0 Å². The molecule has 0 spiro atoms. The Labute approximate surface area is 152 Å². The van der Waals surface area contributed by atoms with E-state index in [0.717, 1.165) is 44.0 Å². The zero-order valence-electron chi connectivity index (χ0n) is 16.3. The molecule has 1 N–H and O–H groups in total. The van der Waals surface area contributed by atoms with Crippen molar-refractivity contribution >= 4 is 12.1 Å². The zero-order chi connectivity index (χ0) is 18.2. The zero-order valence-corrected chi connectivity index (χ0v) is 16.3. The Balaban J connectivity index is 1.71. The monoisotopic (exact) mass is 353 g/mol. The molecule has 7 nitrogen and oxygen atoms in total. The van der Waals surface area contributed by atoms with Gasteiger partial charge in [-0.25, -0.2) is 4.79 Å². The van der Waals surface area contributed by atoms with Crippen LogP contribution in [0.3, 0.4) is 0 Å². The third-order valence-corrected chi connectivity index (χ3v) is 4.97. The number of amides is 1. The average Bonchev–Trinajstić information content (AvgIpc) is 2.58. The molecule has 2 rings (SSSR count). The molecule has 2 saturated heterocycles. The molecule has 0 saturated carbocycles. The molecule has 0 aromatic heterocycles. The summed E-state index contributed by atoms with van der Waals surface area (Å²) in [6.45, 7) is 14.2. The molecule has 0 bridgehead atoms. The van der Waals surface area contributed by atoms with Crippen molar-refractivity contribution in [3.63, 3.8) is 0 Å². The van der Waals surface area contributed by atoms with Crippen LogP contribution < -0.4 is 5.32 Å². The Morgan fingerprint density at radius 1 is 1.12 bits per heavy atom. The molecule has 25 heavy (non-hydrogen) atoms. The quantitative estimate of drug-likeness (QED) is 0.610. The molecule has 2 atom stereocenters. The number of ether oxygens (including phenoxy) is 1. The van der Waals surface area contributed by atoms with Crippen LogP contribution >= 0.6 is 0 Å². The predicted octanol–water partition coefficient (Wildman–Crippen LogP) is 1.31. The molecule has 144 valence electrons. The molecule has 0 radical (unpaired) electrons. The highest BCUT2D eigenvalue weighted by Gasteiger charge is 2.24. The summed E-state index contributed by atoms with van der Waals surface area (Å²) in [4.78, 5) is 22.7. The van der Waals surface area contributed by atoms with Gasteiger partial charge in [0.1, 0.15) is 0 Å². The minimum Gasteiger partial charge on any atom is -0.450 e. The second-order valence-corrected chi connectivity index (χ2v) is 7.35. The van der Waals surface area contributed by atoms with Gasteiger partial charge in [0.15, 0.2) is 5.96 Å². The second kappa shape index (κ2) is 9.85. The van der Waals surface area contributed by atoms with Crippen molar-refractivity contribution in [2.45, 2.75) is 27.2 Å². The number of likely N-dealkylation sites (tertiary alicyclic amines) is 1. The van der Waals surface area contributed by atoms with Gasteiger partial charge in [0.05, 0.1) is 6.61 Å². The van der Waals surface area contributed by atoms with Gasteiger partial charge in [-0.2, -0.15) is 0 Å². The topological polar surface area (TPSA) is 60.4 Å². The largest absolute Gasteiger partial charge is 0.450 e. The molecule has 0 aromatic rings. The molecule has 2 unspecified atom stereocenters. The van der Waals surface area contributed by atoms with E-state index in [4.69, 9.17) is 4.74 Å². The number of carbonyl (C=O) groups excluding carboxylic acids is 1. The first-order valence-electron chi connectivity index (χ1n) is 9.63. The molecule has 7 heteroatoms. The van der Waals surface area contributed by atoms with E-state index in [1.165, 1.54) is 19.5 Å². The summed E-state index contributed by atoms with van der Waals surface area (Å²) in [6.07, 6.45) is 1.13. The molecule has 2 aliphatic rings. The van der Waals surface area contributed by atoms with E-state index in [2.05, 4.69) is 34.0 Å². The van der Waals surface area contributed by atoms with Gasteiger partial charge in [-0.3, -0.25) is 4.99 Å². The SMILES string of the molecule is CCOC(=O)N1CCN(C(=NC)NCCN2CC(C)CC(C)C2)CC1. The van der Waals surface area contributed by atoms with Crippen LogP contribution in [0.4, 0.5) is 4.79 Å². The predicted molar refractivity (Wildman–Crippen MR) is 101 cm³/mol.